The van der Waals surface area contributed by atoms with E-state index in [0.29, 0.717) is 12.2 Å². The van der Waals surface area contributed by atoms with Crippen LogP contribution in [0.3, 0.4) is 0 Å². The molecule has 1 heterocycles. The van der Waals surface area contributed by atoms with Crippen LogP contribution in [0.2, 0.25) is 0 Å². The predicted molar refractivity (Wildman–Crippen MR) is 65.9 cm³/mol. The summed E-state index contributed by atoms with van der Waals surface area (Å²) in [6.07, 6.45) is 4.40. The first-order chi connectivity index (χ1) is 7.20. The van der Waals surface area contributed by atoms with Crippen molar-refractivity contribution in [2.45, 2.75) is 20.8 Å². The molecule has 1 aromatic heterocycles. The average Bonchev–Trinajstić information content (AvgIpc) is 2.13. The number of pyridine rings is 1. The molecule has 4 nitrogen and oxygen atoms in total. The Bertz CT molecular complexity index is 435. The second kappa shape index (κ2) is 4.41. The van der Waals surface area contributed by atoms with Gasteiger partial charge in [-0.2, -0.15) is 0 Å². The average molecular weight is 242 g/mol. The lowest BCUT2D eigenvalue weighted by molar-refractivity contribution is 0.426. The van der Waals surface area contributed by atoms with Gasteiger partial charge in [0.25, 0.3) is 0 Å². The van der Waals surface area contributed by atoms with Crippen molar-refractivity contribution in [1.82, 2.24) is 4.98 Å². The second-order valence-corrected chi connectivity index (χ2v) is 6.95. The maximum absolute atomic E-state index is 11.7. The standard InChI is InChI=1S/C11H18N2O2S/c1-11(2,3)9-13(16(4,14)15)10-6-5-7-12-8-10/h5-8H,9H2,1-4H3. The molecule has 16 heavy (non-hydrogen) atoms. The van der Waals surface area contributed by atoms with Crippen molar-refractivity contribution in [2.75, 3.05) is 17.1 Å². The highest BCUT2D eigenvalue weighted by molar-refractivity contribution is 7.92. The van der Waals surface area contributed by atoms with Crippen molar-refractivity contribution < 1.29 is 8.42 Å². The van der Waals surface area contributed by atoms with Gasteiger partial charge < -0.3 is 0 Å². The summed E-state index contributed by atoms with van der Waals surface area (Å²) in [5.41, 5.74) is 0.513. The van der Waals surface area contributed by atoms with Crippen molar-refractivity contribution >= 4 is 15.7 Å². The van der Waals surface area contributed by atoms with Crippen LogP contribution in [0.5, 0.6) is 0 Å². The largest absolute Gasteiger partial charge is 0.268 e. The van der Waals surface area contributed by atoms with E-state index in [1.54, 1.807) is 24.5 Å². The Morgan fingerprint density at radius 1 is 1.38 bits per heavy atom. The van der Waals surface area contributed by atoms with Crippen molar-refractivity contribution in [3.8, 4) is 0 Å². The highest BCUT2D eigenvalue weighted by Crippen LogP contribution is 2.22. The molecule has 0 bridgehead atoms. The molecule has 0 aliphatic rings. The van der Waals surface area contributed by atoms with E-state index in [2.05, 4.69) is 4.98 Å². The third-order valence-corrected chi connectivity index (χ3v) is 3.09. The smallest absolute Gasteiger partial charge is 0.232 e. The van der Waals surface area contributed by atoms with E-state index in [4.69, 9.17) is 0 Å². The highest BCUT2D eigenvalue weighted by atomic mass is 32.2. The lowest BCUT2D eigenvalue weighted by Crippen LogP contribution is -2.37. The Hall–Kier alpha value is -1.10. The lowest BCUT2D eigenvalue weighted by atomic mass is 9.97. The molecule has 0 aromatic carbocycles. The Morgan fingerprint density at radius 3 is 2.38 bits per heavy atom. The molecule has 0 radical (unpaired) electrons. The van der Waals surface area contributed by atoms with Gasteiger partial charge in [0.15, 0.2) is 0 Å². The van der Waals surface area contributed by atoms with E-state index in [0.717, 1.165) is 0 Å². The first-order valence-electron chi connectivity index (χ1n) is 5.08. The molecular weight excluding hydrogens is 224 g/mol. The zero-order chi connectivity index (χ0) is 12.4. The van der Waals surface area contributed by atoms with Crippen molar-refractivity contribution in [1.29, 1.82) is 0 Å². The Labute approximate surface area is 97.4 Å². The monoisotopic (exact) mass is 242 g/mol. The first kappa shape index (κ1) is 13.0. The van der Waals surface area contributed by atoms with Gasteiger partial charge in [-0.15, -0.1) is 0 Å². The van der Waals surface area contributed by atoms with Crippen LogP contribution in [0, 0.1) is 5.41 Å². The van der Waals surface area contributed by atoms with Crippen LogP contribution in [-0.2, 0) is 10.0 Å². The van der Waals surface area contributed by atoms with Crippen LogP contribution in [0.15, 0.2) is 24.5 Å². The molecule has 0 N–H and O–H groups in total. The number of hydrogen-bond donors (Lipinski definition) is 0. The van der Waals surface area contributed by atoms with Gasteiger partial charge >= 0.3 is 0 Å². The maximum atomic E-state index is 11.7. The Balaban J connectivity index is 3.09. The fourth-order valence-electron chi connectivity index (χ4n) is 1.33. The van der Waals surface area contributed by atoms with Crippen LogP contribution in [0.25, 0.3) is 0 Å². The topological polar surface area (TPSA) is 50.3 Å². The lowest BCUT2D eigenvalue weighted by Gasteiger charge is -2.29. The fraction of sp³-hybridized carbons (Fsp3) is 0.545. The fourth-order valence-corrected chi connectivity index (χ4v) is 2.44. The number of anilines is 1. The molecule has 0 aliphatic carbocycles. The van der Waals surface area contributed by atoms with Crippen LogP contribution < -0.4 is 4.31 Å². The molecule has 0 saturated carbocycles. The molecule has 0 saturated heterocycles. The van der Waals surface area contributed by atoms with Crippen molar-refractivity contribution in [2.24, 2.45) is 5.41 Å². The molecular formula is C11H18N2O2S. The number of aromatic nitrogens is 1. The number of nitrogens with zero attached hydrogens (tertiary/aromatic N) is 2. The van der Waals surface area contributed by atoms with Crippen LogP contribution in [0.1, 0.15) is 20.8 Å². The minimum Gasteiger partial charge on any atom is -0.268 e. The summed E-state index contributed by atoms with van der Waals surface area (Å²) in [4.78, 5) is 3.94. The molecule has 0 unspecified atom stereocenters. The molecule has 0 amide bonds. The minimum atomic E-state index is -3.26. The van der Waals surface area contributed by atoms with E-state index < -0.39 is 10.0 Å². The second-order valence-electron chi connectivity index (χ2n) is 5.04. The van der Waals surface area contributed by atoms with Gasteiger partial charge in [-0.25, -0.2) is 8.42 Å². The summed E-state index contributed by atoms with van der Waals surface area (Å²) in [6, 6.07) is 3.48. The maximum Gasteiger partial charge on any atom is 0.232 e. The number of hydrogen-bond acceptors (Lipinski definition) is 3. The van der Waals surface area contributed by atoms with Gasteiger partial charge in [-0.05, 0) is 17.5 Å². The summed E-state index contributed by atoms with van der Waals surface area (Å²) in [7, 11) is -3.26. The molecule has 0 fully saturated rings. The molecule has 0 atom stereocenters. The SMILES string of the molecule is CC(C)(C)CN(c1cccnc1)S(C)(=O)=O. The first-order valence-corrected chi connectivity index (χ1v) is 6.93. The minimum absolute atomic E-state index is 0.0983. The van der Waals surface area contributed by atoms with Crippen LogP contribution >= 0.6 is 0 Å². The predicted octanol–water partition coefficient (Wildman–Crippen LogP) is 1.89. The quantitative estimate of drug-likeness (QED) is 0.813. The zero-order valence-corrected chi connectivity index (χ0v) is 11.0. The molecule has 5 heteroatoms. The Kier molecular flexibility index (Phi) is 3.57. The van der Waals surface area contributed by atoms with Crippen LogP contribution in [-0.4, -0.2) is 26.2 Å². The normalized spacial score (nSPS) is 12.5. The Morgan fingerprint density at radius 2 is 2.00 bits per heavy atom. The van der Waals surface area contributed by atoms with Gasteiger partial charge in [0, 0.05) is 12.7 Å². The van der Waals surface area contributed by atoms with Crippen molar-refractivity contribution in [3.05, 3.63) is 24.5 Å². The van der Waals surface area contributed by atoms with Gasteiger partial charge in [-0.1, -0.05) is 20.8 Å². The summed E-state index contributed by atoms with van der Waals surface area (Å²) >= 11 is 0. The highest BCUT2D eigenvalue weighted by Gasteiger charge is 2.23. The number of rotatable bonds is 3. The summed E-state index contributed by atoms with van der Waals surface area (Å²) < 4.78 is 24.8. The zero-order valence-electron chi connectivity index (χ0n) is 10.1. The van der Waals surface area contributed by atoms with Crippen molar-refractivity contribution in [3.63, 3.8) is 0 Å². The molecule has 90 valence electrons. The van der Waals surface area contributed by atoms with Gasteiger partial charge in [0.05, 0.1) is 18.1 Å². The molecule has 0 aliphatic heterocycles. The summed E-state index contributed by atoms with van der Waals surface area (Å²) in [5.74, 6) is 0. The van der Waals surface area contributed by atoms with E-state index in [-0.39, 0.29) is 5.41 Å². The molecule has 1 aromatic rings. The third kappa shape index (κ3) is 3.81. The number of sulfonamides is 1. The van der Waals surface area contributed by atoms with Crippen LogP contribution in [0.4, 0.5) is 5.69 Å². The molecule has 0 spiro atoms. The van der Waals surface area contributed by atoms with Gasteiger partial charge in [0.2, 0.25) is 10.0 Å². The molecule has 1 rings (SSSR count). The van der Waals surface area contributed by atoms with Gasteiger partial charge in [-0.3, -0.25) is 9.29 Å². The summed E-state index contributed by atoms with van der Waals surface area (Å²) in [5, 5.41) is 0. The van der Waals surface area contributed by atoms with E-state index in [1.807, 2.05) is 20.8 Å². The third-order valence-electron chi connectivity index (χ3n) is 1.95. The van der Waals surface area contributed by atoms with E-state index in [9.17, 15) is 8.42 Å². The van der Waals surface area contributed by atoms with E-state index in [1.165, 1.54) is 10.6 Å². The van der Waals surface area contributed by atoms with E-state index >= 15 is 0 Å². The van der Waals surface area contributed by atoms with Gasteiger partial charge in [0.1, 0.15) is 0 Å². The summed E-state index contributed by atoms with van der Waals surface area (Å²) in [6.45, 7) is 6.45.